The monoisotopic (exact) mass is 287 g/mol. The van der Waals surface area contributed by atoms with E-state index in [0.717, 1.165) is 10.9 Å². The van der Waals surface area contributed by atoms with Gasteiger partial charge in [0.15, 0.2) is 0 Å². The molecule has 0 radical (unpaired) electrons. The summed E-state index contributed by atoms with van der Waals surface area (Å²) < 4.78 is 0. The fourth-order valence-corrected chi connectivity index (χ4v) is 2.64. The number of aromatic amines is 1. The number of carboxylic acids is 1. The average molecular weight is 287 g/mol. The third-order valence-corrected chi connectivity index (χ3v) is 3.70. The second-order valence-electron chi connectivity index (χ2n) is 5.09. The highest BCUT2D eigenvalue weighted by Crippen LogP contribution is 2.33. The lowest BCUT2D eigenvalue weighted by Crippen LogP contribution is -2.41. The minimum absolute atomic E-state index is 0.570. The Bertz CT molecular complexity index is 766. The molecule has 1 aliphatic heterocycles. The number of aliphatic carboxylic acids is 1. The van der Waals surface area contributed by atoms with Gasteiger partial charge in [-0.05, 0) is 13.0 Å². The number of carbonyl (C=O) groups excluding carboxylic acids is 2. The summed E-state index contributed by atoms with van der Waals surface area (Å²) in [5, 5.41) is 12.2. The number of amides is 3. The van der Waals surface area contributed by atoms with Gasteiger partial charge in [0.25, 0.3) is 5.91 Å². The molecule has 1 aromatic heterocycles. The minimum Gasteiger partial charge on any atom is -0.480 e. The zero-order valence-electron chi connectivity index (χ0n) is 11.2. The van der Waals surface area contributed by atoms with Crippen LogP contribution < -0.4 is 5.32 Å². The van der Waals surface area contributed by atoms with Crippen molar-refractivity contribution in [2.75, 3.05) is 6.54 Å². The molecule has 1 aromatic carbocycles. The molecule has 7 nitrogen and oxygen atoms in total. The molecule has 1 fully saturated rings. The molecular formula is C14H13N3O4. The quantitative estimate of drug-likeness (QED) is 0.733. The highest BCUT2D eigenvalue weighted by Gasteiger charge is 2.50. The maximum atomic E-state index is 12.5. The Hall–Kier alpha value is -2.83. The summed E-state index contributed by atoms with van der Waals surface area (Å²) in [7, 11) is 0. The number of carbonyl (C=O) groups is 3. The van der Waals surface area contributed by atoms with Crippen LogP contribution in [-0.4, -0.2) is 39.4 Å². The first-order valence-corrected chi connectivity index (χ1v) is 6.36. The van der Waals surface area contributed by atoms with E-state index in [0.29, 0.717) is 10.5 Å². The Kier molecular flexibility index (Phi) is 2.72. The van der Waals surface area contributed by atoms with E-state index in [1.807, 2.05) is 24.3 Å². The second-order valence-corrected chi connectivity index (χ2v) is 5.09. The van der Waals surface area contributed by atoms with Gasteiger partial charge < -0.3 is 15.4 Å². The van der Waals surface area contributed by atoms with Crippen molar-refractivity contribution in [1.82, 2.24) is 15.2 Å². The molecule has 1 saturated heterocycles. The third-order valence-electron chi connectivity index (χ3n) is 3.70. The second kappa shape index (κ2) is 4.34. The Labute approximate surface area is 119 Å². The van der Waals surface area contributed by atoms with E-state index in [2.05, 4.69) is 10.3 Å². The van der Waals surface area contributed by atoms with Crippen LogP contribution in [0.15, 0.2) is 30.5 Å². The summed E-state index contributed by atoms with van der Waals surface area (Å²) in [5.74, 6) is -1.80. The number of H-pyrrole nitrogens is 1. The molecule has 2 heterocycles. The third kappa shape index (κ3) is 1.85. The fourth-order valence-electron chi connectivity index (χ4n) is 2.64. The average Bonchev–Trinajstić information content (AvgIpc) is 2.95. The SMILES string of the molecule is C[C@@]1(c2c[nH]c3ccccc23)NC(=O)N(CC(=O)O)C1=O. The van der Waals surface area contributed by atoms with Crippen molar-refractivity contribution in [3.63, 3.8) is 0 Å². The van der Waals surface area contributed by atoms with Crippen LogP contribution >= 0.6 is 0 Å². The van der Waals surface area contributed by atoms with Gasteiger partial charge in [-0.3, -0.25) is 14.5 Å². The van der Waals surface area contributed by atoms with Gasteiger partial charge in [-0.1, -0.05) is 18.2 Å². The van der Waals surface area contributed by atoms with E-state index in [9.17, 15) is 14.4 Å². The summed E-state index contributed by atoms with van der Waals surface area (Å²) >= 11 is 0. The maximum absolute atomic E-state index is 12.5. The number of carboxylic acid groups (broad SMARTS) is 1. The zero-order chi connectivity index (χ0) is 15.2. The molecule has 0 saturated carbocycles. The highest BCUT2D eigenvalue weighted by molar-refractivity contribution is 6.10. The van der Waals surface area contributed by atoms with Gasteiger partial charge in [-0.2, -0.15) is 0 Å². The molecule has 3 amide bonds. The Morgan fingerprint density at radius 1 is 1.33 bits per heavy atom. The van der Waals surface area contributed by atoms with E-state index < -0.39 is 30.0 Å². The molecule has 0 aliphatic carbocycles. The largest absolute Gasteiger partial charge is 0.480 e. The molecule has 7 heteroatoms. The zero-order valence-corrected chi connectivity index (χ0v) is 11.2. The maximum Gasteiger partial charge on any atom is 0.325 e. The smallest absolute Gasteiger partial charge is 0.325 e. The van der Waals surface area contributed by atoms with Gasteiger partial charge in [0.05, 0.1) is 0 Å². The molecule has 2 aromatic rings. The number of aromatic nitrogens is 1. The van der Waals surface area contributed by atoms with Crippen LogP contribution in [0.5, 0.6) is 0 Å². The van der Waals surface area contributed by atoms with Crippen molar-refractivity contribution < 1.29 is 19.5 Å². The van der Waals surface area contributed by atoms with E-state index in [1.165, 1.54) is 0 Å². The van der Waals surface area contributed by atoms with E-state index in [-0.39, 0.29) is 0 Å². The Morgan fingerprint density at radius 2 is 2.05 bits per heavy atom. The number of imide groups is 1. The van der Waals surface area contributed by atoms with Gasteiger partial charge in [-0.15, -0.1) is 0 Å². The van der Waals surface area contributed by atoms with Gasteiger partial charge in [0.2, 0.25) is 0 Å². The minimum atomic E-state index is -1.27. The number of benzene rings is 1. The summed E-state index contributed by atoms with van der Waals surface area (Å²) in [4.78, 5) is 38.9. The van der Waals surface area contributed by atoms with Gasteiger partial charge >= 0.3 is 12.0 Å². The van der Waals surface area contributed by atoms with Crippen molar-refractivity contribution >= 4 is 28.8 Å². The number of rotatable bonds is 3. The van der Waals surface area contributed by atoms with Crippen LogP contribution in [0.3, 0.4) is 0 Å². The van der Waals surface area contributed by atoms with Crippen molar-refractivity contribution in [2.24, 2.45) is 0 Å². The lowest BCUT2D eigenvalue weighted by atomic mass is 9.91. The first-order chi connectivity index (χ1) is 9.93. The molecule has 21 heavy (non-hydrogen) atoms. The van der Waals surface area contributed by atoms with Gasteiger partial charge in [-0.25, -0.2) is 4.79 Å². The molecule has 0 spiro atoms. The predicted molar refractivity (Wildman–Crippen MR) is 73.5 cm³/mol. The standard InChI is InChI=1S/C14H13N3O4/c1-14(9-6-15-10-5-3-2-4-8(9)10)12(20)17(7-11(18)19)13(21)16-14/h2-6,15H,7H2,1H3,(H,16,21)(H,18,19)/t14-/m0/s1. The fraction of sp³-hybridized carbons (Fsp3) is 0.214. The van der Waals surface area contributed by atoms with Crippen LogP contribution in [0.1, 0.15) is 12.5 Å². The molecule has 3 N–H and O–H groups in total. The highest BCUT2D eigenvalue weighted by atomic mass is 16.4. The Morgan fingerprint density at radius 3 is 2.76 bits per heavy atom. The summed E-state index contributed by atoms with van der Waals surface area (Å²) in [6, 6.07) is 6.69. The molecular weight excluding hydrogens is 274 g/mol. The van der Waals surface area contributed by atoms with Crippen LogP contribution in [0.4, 0.5) is 4.79 Å². The normalized spacial score (nSPS) is 21.9. The van der Waals surface area contributed by atoms with E-state index >= 15 is 0 Å². The topological polar surface area (TPSA) is 102 Å². The molecule has 3 rings (SSSR count). The molecule has 108 valence electrons. The van der Waals surface area contributed by atoms with Crippen molar-refractivity contribution in [3.8, 4) is 0 Å². The number of fused-ring (bicyclic) bond motifs is 1. The van der Waals surface area contributed by atoms with Crippen molar-refractivity contribution in [2.45, 2.75) is 12.5 Å². The van der Waals surface area contributed by atoms with E-state index in [4.69, 9.17) is 5.11 Å². The van der Waals surface area contributed by atoms with Crippen LogP contribution in [0, 0.1) is 0 Å². The van der Waals surface area contributed by atoms with Gasteiger partial charge in [0, 0.05) is 22.7 Å². The number of hydrogen-bond donors (Lipinski definition) is 3. The first kappa shape index (κ1) is 13.2. The lowest BCUT2D eigenvalue weighted by molar-refractivity contribution is -0.142. The predicted octanol–water partition coefficient (Wildman–Crippen LogP) is 1.02. The molecule has 1 atom stereocenters. The summed E-state index contributed by atoms with van der Waals surface area (Å²) in [5.41, 5.74) is 0.184. The lowest BCUT2D eigenvalue weighted by Gasteiger charge is -2.21. The summed E-state index contributed by atoms with van der Waals surface area (Å²) in [6.45, 7) is 0.924. The number of para-hydroxylation sites is 1. The van der Waals surface area contributed by atoms with E-state index in [1.54, 1.807) is 13.1 Å². The number of nitrogens with zero attached hydrogens (tertiary/aromatic N) is 1. The molecule has 0 bridgehead atoms. The number of urea groups is 1. The number of nitrogens with one attached hydrogen (secondary N) is 2. The summed E-state index contributed by atoms with van der Waals surface area (Å²) in [6.07, 6.45) is 1.66. The van der Waals surface area contributed by atoms with Crippen molar-refractivity contribution in [3.05, 3.63) is 36.0 Å². The first-order valence-electron chi connectivity index (χ1n) is 6.36. The number of hydrogen-bond acceptors (Lipinski definition) is 3. The molecule has 1 aliphatic rings. The van der Waals surface area contributed by atoms with Gasteiger partial charge in [0.1, 0.15) is 12.1 Å². The van der Waals surface area contributed by atoms with Crippen molar-refractivity contribution in [1.29, 1.82) is 0 Å². The molecule has 0 unspecified atom stereocenters. The van der Waals surface area contributed by atoms with Crippen LogP contribution in [-0.2, 0) is 15.1 Å². The van der Waals surface area contributed by atoms with Crippen LogP contribution in [0.2, 0.25) is 0 Å². The van der Waals surface area contributed by atoms with Crippen LogP contribution in [0.25, 0.3) is 10.9 Å². The Balaban J connectivity index is 2.07.